The topological polar surface area (TPSA) is 86.8 Å². The molecule has 1 heterocycles. The van der Waals surface area contributed by atoms with Gasteiger partial charge < -0.3 is 4.74 Å². The molecule has 1 aliphatic carbocycles. The molecule has 0 spiro atoms. The Kier molecular flexibility index (Phi) is 6.15. The maximum absolute atomic E-state index is 13.0. The highest BCUT2D eigenvalue weighted by Gasteiger charge is 2.53. The average Bonchev–Trinajstić information content (AvgIpc) is 3.21. The van der Waals surface area contributed by atoms with Crippen LogP contribution in [-0.2, 0) is 9.53 Å². The lowest BCUT2D eigenvalue weighted by atomic mass is 9.70. The van der Waals surface area contributed by atoms with Crippen molar-refractivity contribution in [3.63, 3.8) is 0 Å². The molecule has 2 aromatic carbocycles. The third-order valence-corrected chi connectivity index (χ3v) is 5.74. The summed E-state index contributed by atoms with van der Waals surface area (Å²) in [6.07, 6.45) is 4.87. The Morgan fingerprint density at radius 2 is 1.58 bits per heavy atom. The molecule has 1 aliphatic rings. The van der Waals surface area contributed by atoms with E-state index < -0.39 is 17.3 Å². The van der Waals surface area contributed by atoms with Crippen LogP contribution in [-0.4, -0.2) is 17.6 Å². The number of esters is 1. The number of aromatic nitrogens is 1. The first kappa shape index (κ1) is 21.7. The first-order valence-electron chi connectivity index (χ1n) is 10.6. The lowest BCUT2D eigenvalue weighted by Crippen LogP contribution is -2.27. The van der Waals surface area contributed by atoms with E-state index in [1.807, 2.05) is 60.7 Å². The number of rotatable bonds is 5. The summed E-state index contributed by atoms with van der Waals surface area (Å²) in [6.45, 7) is 1.91. The Morgan fingerprint density at radius 1 is 0.970 bits per heavy atom. The summed E-state index contributed by atoms with van der Waals surface area (Å²) < 4.78 is 5.33. The van der Waals surface area contributed by atoms with Crippen LogP contribution in [0, 0.1) is 28.1 Å². The van der Waals surface area contributed by atoms with Crippen molar-refractivity contribution in [3.8, 4) is 12.1 Å². The quantitative estimate of drug-likeness (QED) is 0.518. The fraction of sp³-hybridized carbons (Fsp3) is 0.143. The number of carbonyl (C=O) groups excluding carboxylic acids is 1. The van der Waals surface area contributed by atoms with Crippen LogP contribution in [0.1, 0.15) is 29.5 Å². The van der Waals surface area contributed by atoms with E-state index >= 15 is 0 Å². The third-order valence-electron chi connectivity index (χ3n) is 5.74. The molecule has 160 valence electrons. The second-order valence-corrected chi connectivity index (χ2v) is 7.59. The van der Waals surface area contributed by atoms with Gasteiger partial charge >= 0.3 is 5.97 Å². The molecular weight excluding hydrogens is 410 g/mol. The van der Waals surface area contributed by atoms with Crippen LogP contribution in [0.25, 0.3) is 5.57 Å². The van der Waals surface area contributed by atoms with E-state index in [2.05, 4.69) is 17.1 Å². The first-order chi connectivity index (χ1) is 16.2. The Morgan fingerprint density at radius 3 is 2.06 bits per heavy atom. The smallest absolute Gasteiger partial charge is 0.334 e. The predicted molar refractivity (Wildman–Crippen MR) is 124 cm³/mol. The summed E-state index contributed by atoms with van der Waals surface area (Å²) in [5, 5.41) is 21.0. The third kappa shape index (κ3) is 3.82. The number of benzene rings is 2. The van der Waals surface area contributed by atoms with Crippen LogP contribution in [0.4, 0.5) is 0 Å². The summed E-state index contributed by atoms with van der Waals surface area (Å²) in [4.78, 5) is 17.2. The molecule has 0 radical (unpaired) electrons. The van der Waals surface area contributed by atoms with Crippen molar-refractivity contribution in [2.75, 3.05) is 6.61 Å². The Hall–Kier alpha value is -4.48. The average molecular weight is 431 g/mol. The maximum atomic E-state index is 13.0. The van der Waals surface area contributed by atoms with E-state index in [9.17, 15) is 15.3 Å². The van der Waals surface area contributed by atoms with Crippen molar-refractivity contribution in [1.82, 2.24) is 4.98 Å². The minimum Gasteiger partial charge on any atom is -0.463 e. The fourth-order valence-electron chi connectivity index (χ4n) is 4.34. The van der Waals surface area contributed by atoms with Gasteiger partial charge in [0.05, 0.1) is 24.7 Å². The highest BCUT2D eigenvalue weighted by atomic mass is 16.5. The fourth-order valence-corrected chi connectivity index (χ4v) is 4.34. The van der Waals surface area contributed by atoms with Crippen molar-refractivity contribution in [1.29, 1.82) is 10.5 Å². The zero-order chi connectivity index (χ0) is 23.3. The van der Waals surface area contributed by atoms with Crippen molar-refractivity contribution >= 4 is 11.5 Å². The van der Waals surface area contributed by atoms with Gasteiger partial charge in [0.25, 0.3) is 0 Å². The first-order valence-corrected chi connectivity index (χ1v) is 10.6. The number of pyridine rings is 1. The van der Waals surface area contributed by atoms with Gasteiger partial charge in [-0.25, -0.2) is 4.79 Å². The van der Waals surface area contributed by atoms with Crippen molar-refractivity contribution in [2.24, 2.45) is 5.41 Å². The van der Waals surface area contributed by atoms with Crippen LogP contribution >= 0.6 is 0 Å². The van der Waals surface area contributed by atoms with E-state index in [-0.39, 0.29) is 12.2 Å². The van der Waals surface area contributed by atoms with Crippen LogP contribution < -0.4 is 0 Å². The second kappa shape index (κ2) is 9.34. The molecule has 0 bridgehead atoms. The van der Waals surface area contributed by atoms with Crippen molar-refractivity contribution in [3.05, 3.63) is 119 Å². The molecule has 5 nitrogen and oxygen atoms in total. The molecule has 0 saturated heterocycles. The molecule has 1 atom stereocenters. The van der Waals surface area contributed by atoms with Crippen LogP contribution in [0.3, 0.4) is 0 Å². The zero-order valence-electron chi connectivity index (χ0n) is 18.1. The van der Waals surface area contributed by atoms with Crippen LogP contribution in [0.5, 0.6) is 0 Å². The minimum absolute atomic E-state index is 0.186. The van der Waals surface area contributed by atoms with Gasteiger partial charge in [-0.3, -0.25) is 4.98 Å². The summed E-state index contributed by atoms with van der Waals surface area (Å²) in [5.41, 5.74) is 2.13. The predicted octanol–water partition coefficient (Wildman–Crippen LogP) is 5.20. The summed E-state index contributed by atoms with van der Waals surface area (Å²) >= 11 is 0. The zero-order valence-corrected chi connectivity index (χ0v) is 18.1. The van der Waals surface area contributed by atoms with E-state index in [0.717, 1.165) is 16.7 Å². The molecule has 0 amide bonds. The van der Waals surface area contributed by atoms with Crippen molar-refractivity contribution in [2.45, 2.75) is 12.8 Å². The lowest BCUT2D eigenvalue weighted by molar-refractivity contribution is -0.138. The van der Waals surface area contributed by atoms with E-state index in [1.54, 1.807) is 37.5 Å². The number of nitrogens with zero attached hydrogens (tertiary/aromatic N) is 3. The number of ether oxygens (including phenoxy) is 1. The van der Waals surface area contributed by atoms with E-state index in [1.165, 1.54) is 0 Å². The highest BCUT2D eigenvalue weighted by Crippen LogP contribution is 2.55. The number of allylic oxidation sites excluding steroid dienone is 2. The molecule has 0 aliphatic heterocycles. The van der Waals surface area contributed by atoms with E-state index in [0.29, 0.717) is 11.1 Å². The SMILES string of the molecule is CCOC(=O)C1=CC(=C(c2ccccc2)c2ccccc2)C(C#N)(C#N)C1c1cccnc1. The largest absolute Gasteiger partial charge is 0.463 e. The van der Waals surface area contributed by atoms with Crippen LogP contribution in [0.15, 0.2) is 102 Å². The Bertz CT molecular complexity index is 1240. The molecule has 0 fully saturated rings. The molecule has 1 unspecified atom stereocenters. The summed E-state index contributed by atoms with van der Waals surface area (Å²) in [6, 6.07) is 27.2. The standard InChI is InChI=1S/C28H21N3O2/c1-2-33-27(32)23-16-24(28(18-29,19-30)26(23)22-14-9-15-31-17-22)25(20-10-5-3-6-11-20)21-12-7-4-8-13-21/h3-17,26H,2H2,1H3. The van der Waals surface area contributed by atoms with Gasteiger partial charge in [-0.2, -0.15) is 10.5 Å². The monoisotopic (exact) mass is 431 g/mol. The molecule has 1 aromatic heterocycles. The van der Waals surface area contributed by atoms with Gasteiger partial charge in [0.2, 0.25) is 0 Å². The number of nitriles is 2. The molecule has 5 heteroatoms. The van der Waals surface area contributed by atoms with Crippen molar-refractivity contribution < 1.29 is 9.53 Å². The molecule has 33 heavy (non-hydrogen) atoms. The normalized spacial score (nSPS) is 16.3. The molecule has 0 saturated carbocycles. The molecule has 0 N–H and O–H groups in total. The number of carbonyl (C=O) groups is 1. The maximum Gasteiger partial charge on any atom is 0.334 e. The van der Waals surface area contributed by atoms with Gasteiger partial charge in [-0.15, -0.1) is 0 Å². The van der Waals surface area contributed by atoms with Gasteiger partial charge in [-0.1, -0.05) is 66.7 Å². The van der Waals surface area contributed by atoms with Gasteiger partial charge in [-0.05, 0) is 46.9 Å². The number of hydrogen-bond acceptors (Lipinski definition) is 5. The highest BCUT2D eigenvalue weighted by molar-refractivity contribution is 5.97. The summed E-state index contributed by atoms with van der Waals surface area (Å²) in [7, 11) is 0. The number of hydrogen-bond donors (Lipinski definition) is 0. The van der Waals surface area contributed by atoms with Crippen LogP contribution in [0.2, 0.25) is 0 Å². The Balaban J connectivity index is 2.10. The summed E-state index contributed by atoms with van der Waals surface area (Å²) in [5.74, 6) is -1.38. The molecule has 4 rings (SSSR count). The minimum atomic E-state index is -1.65. The molecular formula is C28H21N3O2. The van der Waals surface area contributed by atoms with Gasteiger partial charge in [0.1, 0.15) is 0 Å². The van der Waals surface area contributed by atoms with Gasteiger partial charge in [0.15, 0.2) is 5.41 Å². The second-order valence-electron chi connectivity index (χ2n) is 7.59. The lowest BCUT2D eigenvalue weighted by Gasteiger charge is -2.27. The Labute approximate surface area is 192 Å². The van der Waals surface area contributed by atoms with E-state index in [4.69, 9.17) is 4.74 Å². The molecule has 3 aromatic rings. The van der Waals surface area contributed by atoms with Gasteiger partial charge in [0, 0.05) is 18.0 Å².